The van der Waals surface area contributed by atoms with E-state index in [-0.39, 0.29) is 26.9 Å². The average molecular weight is 137 g/mol. The van der Waals surface area contributed by atoms with Crippen molar-refractivity contribution in [2.24, 2.45) is 0 Å². The predicted octanol–water partition coefficient (Wildman–Crippen LogP) is 0.954. The molecule has 1 nitrogen and oxygen atoms in total. The Kier molecular flexibility index (Phi) is 50.3. The van der Waals surface area contributed by atoms with E-state index in [2.05, 4.69) is 0 Å². The Bertz CT molecular complexity index is 21.5. The second kappa shape index (κ2) is 18.6. The third-order valence-corrected chi connectivity index (χ3v) is 0.144. The smallest absolute Gasteiger partial charge is 0.542 e. The topological polar surface area (TPSA) is 17.1 Å². The van der Waals surface area contributed by atoms with Crippen molar-refractivity contribution in [2.45, 2.75) is 13.3 Å². The largest absolute Gasteiger partial charge is 2.00 e. The van der Waals surface area contributed by atoms with E-state index in [4.69, 9.17) is 4.79 Å². The number of rotatable bonds is 1. The standard InChI is InChI=1S/C3H5O.CH3.Zn/c1-2-3-4;;/h2H2,1H3;1H3;/q2*-1;+2. The van der Waals surface area contributed by atoms with E-state index in [1.54, 1.807) is 13.2 Å². The van der Waals surface area contributed by atoms with Gasteiger partial charge in [-0.2, -0.15) is 6.42 Å². The Morgan fingerprint density at radius 2 is 1.83 bits per heavy atom. The molecule has 0 amide bonds. The third-order valence-electron chi connectivity index (χ3n) is 0.144. The van der Waals surface area contributed by atoms with Crippen molar-refractivity contribution in [3.05, 3.63) is 7.43 Å². The summed E-state index contributed by atoms with van der Waals surface area (Å²) in [5.41, 5.74) is 0. The first-order valence-electron chi connectivity index (χ1n) is 1.26. The van der Waals surface area contributed by atoms with Gasteiger partial charge in [-0.25, -0.2) is 0 Å². The molecule has 0 heterocycles. The van der Waals surface area contributed by atoms with Gasteiger partial charge in [0.2, 0.25) is 0 Å². The van der Waals surface area contributed by atoms with Gasteiger partial charge in [-0.15, -0.1) is 0 Å². The molecule has 0 atom stereocenters. The molecule has 0 bridgehead atoms. The van der Waals surface area contributed by atoms with Gasteiger partial charge in [0.05, 0.1) is 0 Å². The van der Waals surface area contributed by atoms with E-state index in [0.29, 0.717) is 6.42 Å². The van der Waals surface area contributed by atoms with Crippen molar-refractivity contribution in [3.8, 4) is 0 Å². The maximum absolute atomic E-state index is 9.05. The Balaban J connectivity index is -0.0000000450. The van der Waals surface area contributed by atoms with E-state index in [1.165, 1.54) is 0 Å². The first kappa shape index (κ1) is 16.3. The van der Waals surface area contributed by atoms with E-state index in [0.717, 1.165) is 0 Å². The predicted molar refractivity (Wildman–Crippen MR) is 22.4 cm³/mol. The molecular weight excluding hydrogens is 129 g/mol. The molecule has 32 valence electrons. The first-order valence-corrected chi connectivity index (χ1v) is 1.26. The summed E-state index contributed by atoms with van der Waals surface area (Å²) in [6.45, 7) is 1.76. The first-order chi connectivity index (χ1) is 1.91. The minimum Gasteiger partial charge on any atom is -0.542 e. The van der Waals surface area contributed by atoms with Crippen LogP contribution in [0, 0.1) is 7.43 Å². The van der Waals surface area contributed by atoms with Crippen LogP contribution >= 0.6 is 0 Å². The van der Waals surface area contributed by atoms with Gasteiger partial charge in [0, 0.05) is 0 Å². The summed E-state index contributed by atoms with van der Waals surface area (Å²) in [5, 5.41) is 0. The summed E-state index contributed by atoms with van der Waals surface area (Å²) in [6.07, 6.45) is 2.19. The minimum atomic E-state index is 0. The molecule has 0 rings (SSSR count). The van der Waals surface area contributed by atoms with E-state index in [1.807, 2.05) is 0 Å². The normalized spacial score (nSPS) is 4.17. The fraction of sp³-hybridized carbons (Fsp3) is 0.500. The summed E-state index contributed by atoms with van der Waals surface area (Å²) in [4.78, 5) is 9.05. The summed E-state index contributed by atoms with van der Waals surface area (Å²) in [5.74, 6) is 0. The van der Waals surface area contributed by atoms with E-state index in [9.17, 15) is 0 Å². The second-order valence-corrected chi connectivity index (χ2v) is 0.498. The molecule has 0 spiro atoms. The van der Waals surface area contributed by atoms with Gasteiger partial charge in [-0.1, -0.05) is 6.92 Å². The van der Waals surface area contributed by atoms with Gasteiger partial charge in [0.25, 0.3) is 0 Å². The number of carbonyl (C=O) groups excluding carboxylic acids is 1. The van der Waals surface area contributed by atoms with Crippen LogP contribution in [-0.4, -0.2) is 6.29 Å². The summed E-state index contributed by atoms with van der Waals surface area (Å²) < 4.78 is 0. The Morgan fingerprint density at radius 1 is 1.67 bits per heavy atom. The molecule has 2 heteroatoms. The van der Waals surface area contributed by atoms with Gasteiger partial charge in [-0.3, -0.25) is 6.29 Å². The van der Waals surface area contributed by atoms with E-state index >= 15 is 0 Å². The van der Waals surface area contributed by atoms with Gasteiger partial charge < -0.3 is 12.2 Å². The fourth-order valence-corrected chi connectivity index (χ4v) is 0. The second-order valence-electron chi connectivity index (χ2n) is 0.498. The van der Waals surface area contributed by atoms with Gasteiger partial charge in [-0.05, 0) is 0 Å². The molecule has 0 radical (unpaired) electrons. The van der Waals surface area contributed by atoms with Crippen LogP contribution in [0.5, 0.6) is 0 Å². The molecule has 0 aliphatic heterocycles. The van der Waals surface area contributed by atoms with Crippen molar-refractivity contribution in [3.63, 3.8) is 0 Å². The Morgan fingerprint density at radius 3 is 1.83 bits per heavy atom. The summed E-state index contributed by atoms with van der Waals surface area (Å²) in [7, 11) is 0. The maximum Gasteiger partial charge on any atom is 2.00 e. The molecule has 0 aromatic carbocycles. The molecule has 0 unspecified atom stereocenters. The molecule has 0 fully saturated rings. The molecule has 0 saturated heterocycles. The summed E-state index contributed by atoms with van der Waals surface area (Å²) >= 11 is 0. The van der Waals surface area contributed by atoms with Crippen LogP contribution in [0.25, 0.3) is 0 Å². The molecule has 0 N–H and O–H groups in total. The third kappa shape index (κ3) is 27.8. The number of hydrogen-bond donors (Lipinski definition) is 0. The van der Waals surface area contributed by atoms with Crippen molar-refractivity contribution >= 4 is 6.29 Å². The number of hydrogen-bond acceptors (Lipinski definition) is 1. The molecule has 0 aromatic heterocycles. The fourth-order valence-electron chi connectivity index (χ4n) is 0. The van der Waals surface area contributed by atoms with Crippen molar-refractivity contribution in [1.29, 1.82) is 0 Å². The zero-order valence-electron chi connectivity index (χ0n) is 4.32. The van der Waals surface area contributed by atoms with Gasteiger partial charge >= 0.3 is 19.5 Å². The van der Waals surface area contributed by atoms with Crippen LogP contribution < -0.4 is 0 Å². The van der Waals surface area contributed by atoms with Crippen LogP contribution in [0.2, 0.25) is 0 Å². The Labute approximate surface area is 51.9 Å². The quantitative estimate of drug-likeness (QED) is 0.389. The average Bonchev–Trinajstić information content (AvgIpc) is 1.37. The Hall–Kier alpha value is 0.293. The van der Waals surface area contributed by atoms with Crippen LogP contribution in [0.15, 0.2) is 0 Å². The van der Waals surface area contributed by atoms with Crippen LogP contribution in [0.3, 0.4) is 0 Å². The van der Waals surface area contributed by atoms with E-state index < -0.39 is 0 Å². The van der Waals surface area contributed by atoms with Gasteiger partial charge in [0.1, 0.15) is 0 Å². The molecular formula is C4H8OZn. The summed E-state index contributed by atoms with van der Waals surface area (Å²) in [6, 6.07) is 0. The monoisotopic (exact) mass is 136 g/mol. The van der Waals surface area contributed by atoms with Crippen molar-refractivity contribution in [1.82, 2.24) is 0 Å². The van der Waals surface area contributed by atoms with Crippen molar-refractivity contribution < 1.29 is 24.3 Å². The zero-order valence-corrected chi connectivity index (χ0v) is 7.29. The zero-order chi connectivity index (χ0) is 3.41. The van der Waals surface area contributed by atoms with Crippen LogP contribution in [-0.2, 0) is 24.3 Å². The SMILES string of the molecule is CC[C-]=O.[CH3-].[Zn+2]. The van der Waals surface area contributed by atoms with Crippen LogP contribution in [0.4, 0.5) is 0 Å². The van der Waals surface area contributed by atoms with Gasteiger partial charge in [0.15, 0.2) is 0 Å². The maximum atomic E-state index is 9.05. The van der Waals surface area contributed by atoms with Crippen molar-refractivity contribution in [2.75, 3.05) is 0 Å². The van der Waals surface area contributed by atoms with Crippen LogP contribution in [0.1, 0.15) is 13.3 Å². The molecule has 6 heavy (non-hydrogen) atoms. The minimum absolute atomic E-state index is 0. The molecule has 0 aromatic rings. The molecule has 0 saturated carbocycles. The molecule has 0 aliphatic rings. The molecule has 0 aliphatic carbocycles.